The number of halogens is 2. The third-order valence-corrected chi connectivity index (χ3v) is 5.93. The number of para-hydroxylation sites is 1. The van der Waals surface area contributed by atoms with E-state index in [0.29, 0.717) is 30.3 Å². The summed E-state index contributed by atoms with van der Waals surface area (Å²) in [4.78, 5) is 6.80. The van der Waals surface area contributed by atoms with E-state index >= 15 is 0 Å². The van der Waals surface area contributed by atoms with E-state index < -0.39 is 5.92 Å². The molecule has 0 radical (unpaired) electrons. The Morgan fingerprint density at radius 2 is 1.97 bits per heavy atom. The molecule has 3 heterocycles. The smallest absolute Gasteiger partial charge is 0.249 e. The van der Waals surface area contributed by atoms with Crippen LogP contribution in [0.2, 0.25) is 0 Å². The summed E-state index contributed by atoms with van der Waals surface area (Å²) in [7, 11) is 0. The Balaban J connectivity index is 1.52. The molecule has 2 aromatic heterocycles. The van der Waals surface area contributed by atoms with Gasteiger partial charge in [-0.15, -0.1) is 0 Å². The molecule has 4 N–H and O–H groups in total. The fraction of sp³-hybridized carbons (Fsp3) is 0.250. The Bertz CT molecular complexity index is 1310. The first kappa shape index (κ1) is 20.2. The Morgan fingerprint density at radius 1 is 1.12 bits per heavy atom. The van der Waals surface area contributed by atoms with E-state index in [1.54, 1.807) is 0 Å². The number of alkyl halides is 2. The van der Waals surface area contributed by atoms with Crippen molar-refractivity contribution < 1.29 is 8.78 Å². The molecule has 0 aliphatic carbocycles. The maximum atomic E-state index is 14.0. The van der Waals surface area contributed by atoms with Gasteiger partial charge in [-0.2, -0.15) is 5.10 Å². The number of nitrogens with two attached hydrogens (primary N) is 1. The first-order chi connectivity index (χ1) is 15.4. The van der Waals surface area contributed by atoms with E-state index in [-0.39, 0.29) is 19.4 Å². The molecule has 1 fully saturated rings. The summed E-state index contributed by atoms with van der Waals surface area (Å²) in [5.74, 6) is -1.54. The third-order valence-electron chi connectivity index (χ3n) is 5.93. The molecule has 1 saturated heterocycles. The molecule has 164 valence electrons. The monoisotopic (exact) mass is 434 g/mol. The van der Waals surface area contributed by atoms with Crippen molar-refractivity contribution in [2.75, 3.05) is 29.0 Å². The van der Waals surface area contributed by atoms with Gasteiger partial charge in [0.2, 0.25) is 5.92 Å². The second-order valence-electron chi connectivity index (χ2n) is 8.22. The molecule has 0 saturated carbocycles. The Labute approximate surface area is 184 Å². The van der Waals surface area contributed by atoms with Crippen molar-refractivity contribution in [3.63, 3.8) is 0 Å². The summed E-state index contributed by atoms with van der Waals surface area (Å²) < 4.78 is 28.0. The van der Waals surface area contributed by atoms with Crippen LogP contribution < -0.4 is 16.0 Å². The van der Waals surface area contributed by atoms with E-state index in [0.717, 1.165) is 33.1 Å². The van der Waals surface area contributed by atoms with Crippen LogP contribution in [-0.2, 0) is 0 Å². The zero-order chi connectivity index (χ0) is 22.3. The number of aromatic nitrogens is 3. The molecular formula is C24H24F2N6. The van der Waals surface area contributed by atoms with Crippen molar-refractivity contribution in [2.45, 2.75) is 25.2 Å². The van der Waals surface area contributed by atoms with E-state index in [4.69, 9.17) is 10.7 Å². The Hall–Kier alpha value is -3.68. The highest BCUT2D eigenvalue weighted by molar-refractivity contribution is 5.94. The zero-order valence-electron chi connectivity index (χ0n) is 17.5. The largest absolute Gasteiger partial charge is 0.382 e. The summed E-state index contributed by atoms with van der Waals surface area (Å²) >= 11 is 0. The van der Waals surface area contributed by atoms with Crippen molar-refractivity contribution >= 4 is 44.8 Å². The number of H-pyrrole nitrogens is 1. The molecule has 0 bridgehead atoms. The van der Waals surface area contributed by atoms with Crippen LogP contribution in [0.25, 0.3) is 27.5 Å². The van der Waals surface area contributed by atoms with Crippen molar-refractivity contribution in [3.8, 4) is 0 Å². The molecule has 5 rings (SSSR count). The SMILES string of the molecule is C=C(Nc1ccc2[nH]nc(N)c2c1)c1cc2ccccc2nc1N1CCCC(F)(F)CC1. The van der Waals surface area contributed by atoms with Crippen LogP contribution in [0.3, 0.4) is 0 Å². The third kappa shape index (κ3) is 3.84. The van der Waals surface area contributed by atoms with Gasteiger partial charge in [0.05, 0.1) is 11.0 Å². The zero-order valence-corrected chi connectivity index (χ0v) is 17.5. The second-order valence-corrected chi connectivity index (χ2v) is 8.22. The average molecular weight is 434 g/mol. The number of nitrogens with zero attached hydrogens (tertiary/aromatic N) is 3. The summed E-state index contributed by atoms with van der Waals surface area (Å²) in [6.45, 7) is 5.02. The molecule has 2 aromatic carbocycles. The van der Waals surface area contributed by atoms with E-state index in [2.05, 4.69) is 22.1 Å². The van der Waals surface area contributed by atoms with E-state index in [9.17, 15) is 8.78 Å². The maximum Gasteiger partial charge on any atom is 0.249 e. The van der Waals surface area contributed by atoms with Gasteiger partial charge in [-0.1, -0.05) is 24.8 Å². The Morgan fingerprint density at radius 3 is 2.84 bits per heavy atom. The van der Waals surface area contributed by atoms with Crippen LogP contribution >= 0.6 is 0 Å². The number of benzene rings is 2. The van der Waals surface area contributed by atoms with Crippen molar-refractivity contribution in [1.82, 2.24) is 15.2 Å². The van der Waals surface area contributed by atoms with Crippen molar-refractivity contribution in [2.24, 2.45) is 0 Å². The number of nitrogens with one attached hydrogen (secondary N) is 2. The fourth-order valence-electron chi connectivity index (χ4n) is 4.20. The minimum absolute atomic E-state index is 0.0995. The molecule has 32 heavy (non-hydrogen) atoms. The van der Waals surface area contributed by atoms with Gasteiger partial charge in [0, 0.05) is 53.7 Å². The molecule has 4 aromatic rings. The van der Waals surface area contributed by atoms with Crippen LogP contribution in [0.15, 0.2) is 55.1 Å². The standard InChI is InChI=1S/C24H24F2N6/c1-15(28-17-7-8-21-19(14-17)22(27)31-30-21)18-13-16-5-2-3-6-20(16)29-23(18)32-11-4-9-24(25,26)10-12-32/h2-3,5-8,13-14,28H,1,4,9-12H2,(H3,27,30,31). The summed E-state index contributed by atoms with van der Waals surface area (Å²) in [5, 5.41) is 12.0. The quantitative estimate of drug-likeness (QED) is 0.401. The lowest BCUT2D eigenvalue weighted by Gasteiger charge is -2.26. The van der Waals surface area contributed by atoms with E-state index in [1.165, 1.54) is 0 Å². The van der Waals surface area contributed by atoms with Gasteiger partial charge in [0.15, 0.2) is 5.82 Å². The van der Waals surface area contributed by atoms with Crippen LogP contribution in [0, 0.1) is 0 Å². The molecule has 1 aliphatic heterocycles. The van der Waals surface area contributed by atoms with Gasteiger partial charge in [-0.05, 0) is 36.8 Å². The molecule has 0 atom stereocenters. The second kappa shape index (κ2) is 7.78. The highest BCUT2D eigenvalue weighted by Crippen LogP contribution is 2.34. The topological polar surface area (TPSA) is 82.9 Å². The number of hydrogen-bond acceptors (Lipinski definition) is 5. The van der Waals surface area contributed by atoms with Gasteiger partial charge in [0.1, 0.15) is 5.82 Å². The summed E-state index contributed by atoms with van der Waals surface area (Å²) in [5.41, 5.74) is 9.83. The lowest BCUT2D eigenvalue weighted by Crippen LogP contribution is -2.28. The predicted molar refractivity (Wildman–Crippen MR) is 126 cm³/mol. The highest BCUT2D eigenvalue weighted by atomic mass is 19.3. The maximum absolute atomic E-state index is 14.0. The number of rotatable bonds is 4. The van der Waals surface area contributed by atoms with Crippen LogP contribution in [0.1, 0.15) is 24.8 Å². The first-order valence-electron chi connectivity index (χ1n) is 10.6. The van der Waals surface area contributed by atoms with E-state index in [1.807, 2.05) is 53.4 Å². The minimum Gasteiger partial charge on any atom is -0.382 e. The minimum atomic E-state index is -2.64. The number of hydrogen-bond donors (Lipinski definition) is 3. The van der Waals surface area contributed by atoms with Gasteiger partial charge in [0.25, 0.3) is 0 Å². The van der Waals surface area contributed by atoms with Crippen LogP contribution in [-0.4, -0.2) is 34.2 Å². The van der Waals surface area contributed by atoms with Gasteiger partial charge in [-0.25, -0.2) is 13.8 Å². The fourth-order valence-corrected chi connectivity index (χ4v) is 4.20. The first-order valence-corrected chi connectivity index (χ1v) is 10.6. The lowest BCUT2D eigenvalue weighted by atomic mass is 10.1. The Kier molecular flexibility index (Phi) is 4.92. The van der Waals surface area contributed by atoms with Gasteiger partial charge in [-0.3, -0.25) is 5.10 Å². The number of nitrogen functional groups attached to an aromatic ring is 1. The molecule has 0 spiro atoms. The summed E-state index contributed by atoms with van der Waals surface area (Å²) in [6, 6.07) is 15.5. The molecule has 6 nitrogen and oxygen atoms in total. The summed E-state index contributed by atoms with van der Waals surface area (Å²) in [6.07, 6.45) is 0.131. The number of aromatic amines is 1. The number of fused-ring (bicyclic) bond motifs is 2. The van der Waals surface area contributed by atoms with Crippen molar-refractivity contribution in [1.29, 1.82) is 0 Å². The van der Waals surface area contributed by atoms with Gasteiger partial charge >= 0.3 is 0 Å². The normalized spacial score (nSPS) is 16.2. The molecule has 1 aliphatic rings. The van der Waals surface area contributed by atoms with Gasteiger partial charge < -0.3 is 16.0 Å². The highest BCUT2D eigenvalue weighted by Gasteiger charge is 2.32. The predicted octanol–water partition coefficient (Wildman–Crippen LogP) is 5.40. The van der Waals surface area contributed by atoms with Crippen molar-refractivity contribution in [3.05, 3.63) is 60.7 Å². The van der Waals surface area contributed by atoms with Crippen LogP contribution in [0.4, 0.5) is 26.1 Å². The molecular weight excluding hydrogens is 410 g/mol. The molecule has 0 amide bonds. The molecule has 0 unspecified atom stereocenters. The average Bonchev–Trinajstić information content (AvgIpc) is 3.04. The van der Waals surface area contributed by atoms with Crippen LogP contribution in [0.5, 0.6) is 0 Å². The lowest BCUT2D eigenvalue weighted by molar-refractivity contribution is -0.0102. The number of anilines is 3. The molecule has 8 heteroatoms. The number of pyridine rings is 1.